The number of aliphatic hydroxyl groups excluding tert-OH is 1. The summed E-state index contributed by atoms with van der Waals surface area (Å²) in [4.78, 5) is 11.9. The minimum Gasteiger partial charge on any atom is -0.497 e. The Morgan fingerprint density at radius 2 is 2.30 bits per heavy atom. The van der Waals surface area contributed by atoms with Crippen LogP contribution in [0.15, 0.2) is 28.9 Å². The molecule has 1 heterocycles. The fourth-order valence-corrected chi connectivity index (χ4v) is 2.09. The van der Waals surface area contributed by atoms with E-state index >= 15 is 0 Å². The van der Waals surface area contributed by atoms with Crippen LogP contribution in [0.2, 0.25) is 0 Å². The minimum atomic E-state index is -0.0792. The lowest BCUT2D eigenvalue weighted by Gasteiger charge is -2.11. The summed E-state index contributed by atoms with van der Waals surface area (Å²) in [6, 6.07) is 5.49. The summed E-state index contributed by atoms with van der Waals surface area (Å²) in [5, 5.41) is 12.6. The van der Waals surface area contributed by atoms with Crippen molar-refractivity contribution in [2.75, 3.05) is 13.7 Å². The van der Waals surface area contributed by atoms with Gasteiger partial charge in [-0.1, -0.05) is 0 Å². The normalized spacial score (nSPS) is 12.3. The highest BCUT2D eigenvalue weighted by Crippen LogP contribution is 2.25. The molecule has 1 aromatic heterocycles. The second-order valence-electron chi connectivity index (χ2n) is 4.78. The van der Waals surface area contributed by atoms with Gasteiger partial charge in [-0.3, -0.25) is 4.79 Å². The van der Waals surface area contributed by atoms with Crippen LogP contribution in [0, 0.1) is 0 Å². The highest BCUT2D eigenvalue weighted by molar-refractivity contribution is 5.88. The number of furan rings is 1. The zero-order valence-electron chi connectivity index (χ0n) is 11.7. The molecule has 108 valence electrons. The Labute approximate surface area is 117 Å². The second-order valence-corrected chi connectivity index (χ2v) is 4.78. The van der Waals surface area contributed by atoms with Crippen LogP contribution in [0.25, 0.3) is 11.0 Å². The van der Waals surface area contributed by atoms with Crippen molar-refractivity contribution in [1.29, 1.82) is 0 Å². The first-order valence-corrected chi connectivity index (χ1v) is 6.58. The van der Waals surface area contributed by atoms with Crippen molar-refractivity contribution in [2.24, 2.45) is 0 Å². The van der Waals surface area contributed by atoms with Crippen LogP contribution < -0.4 is 10.1 Å². The number of carbonyl (C=O) groups is 1. The number of rotatable bonds is 6. The molecule has 20 heavy (non-hydrogen) atoms. The van der Waals surface area contributed by atoms with Gasteiger partial charge in [0.2, 0.25) is 5.91 Å². The zero-order chi connectivity index (χ0) is 14.5. The fourth-order valence-electron chi connectivity index (χ4n) is 2.09. The molecule has 2 N–H and O–H groups in total. The van der Waals surface area contributed by atoms with E-state index < -0.39 is 0 Å². The number of nitrogens with one attached hydrogen (secondary N) is 1. The van der Waals surface area contributed by atoms with E-state index in [-0.39, 0.29) is 25.0 Å². The SMILES string of the molecule is COc1ccc2c(CC(=O)NC(C)CCO)coc2c1. The highest BCUT2D eigenvalue weighted by atomic mass is 16.5. The predicted octanol–water partition coefficient (Wildman–Crippen LogP) is 1.87. The number of amides is 1. The number of carbonyl (C=O) groups excluding carboxylic acids is 1. The van der Waals surface area contributed by atoms with E-state index in [1.165, 1.54) is 0 Å². The summed E-state index contributed by atoms with van der Waals surface area (Å²) in [6.07, 6.45) is 2.41. The molecule has 2 rings (SSSR count). The molecule has 0 saturated carbocycles. The Morgan fingerprint density at radius 3 is 3.00 bits per heavy atom. The van der Waals surface area contributed by atoms with E-state index in [4.69, 9.17) is 14.3 Å². The molecular formula is C15H19NO4. The average Bonchev–Trinajstić information content (AvgIpc) is 2.81. The standard InChI is InChI=1S/C15H19NO4/c1-10(5-6-17)16-15(18)7-11-9-20-14-8-12(19-2)3-4-13(11)14/h3-4,8-10,17H,5-7H2,1-2H3,(H,16,18). The van der Waals surface area contributed by atoms with Gasteiger partial charge in [0.1, 0.15) is 11.3 Å². The van der Waals surface area contributed by atoms with Gasteiger partial charge in [-0.25, -0.2) is 0 Å². The first-order valence-electron chi connectivity index (χ1n) is 6.58. The molecule has 0 radical (unpaired) electrons. The molecule has 1 atom stereocenters. The number of hydrogen-bond donors (Lipinski definition) is 2. The first kappa shape index (κ1) is 14.4. The molecule has 1 amide bonds. The Bertz CT molecular complexity index is 591. The van der Waals surface area contributed by atoms with Gasteiger partial charge in [0.15, 0.2) is 0 Å². The fraction of sp³-hybridized carbons (Fsp3) is 0.400. The summed E-state index contributed by atoms with van der Waals surface area (Å²) in [6.45, 7) is 1.93. The summed E-state index contributed by atoms with van der Waals surface area (Å²) < 4.78 is 10.6. The van der Waals surface area contributed by atoms with Gasteiger partial charge >= 0.3 is 0 Å². The van der Waals surface area contributed by atoms with Gasteiger partial charge in [-0.15, -0.1) is 0 Å². The molecule has 1 aromatic carbocycles. The molecule has 0 bridgehead atoms. The lowest BCUT2D eigenvalue weighted by molar-refractivity contribution is -0.121. The number of methoxy groups -OCH3 is 1. The Kier molecular flexibility index (Phi) is 4.63. The van der Waals surface area contributed by atoms with E-state index in [2.05, 4.69) is 5.32 Å². The van der Waals surface area contributed by atoms with E-state index in [0.717, 1.165) is 16.7 Å². The van der Waals surface area contributed by atoms with Crippen LogP contribution >= 0.6 is 0 Å². The van der Waals surface area contributed by atoms with Crippen LogP contribution in [0.5, 0.6) is 5.75 Å². The summed E-state index contributed by atoms with van der Waals surface area (Å²) in [5.74, 6) is 0.642. The number of aliphatic hydroxyl groups is 1. The minimum absolute atomic E-state index is 0.0363. The molecule has 0 fully saturated rings. The molecule has 5 nitrogen and oxygen atoms in total. The molecule has 0 aliphatic rings. The predicted molar refractivity (Wildman–Crippen MR) is 75.8 cm³/mol. The second kappa shape index (κ2) is 6.43. The molecule has 0 spiro atoms. The van der Waals surface area contributed by atoms with Gasteiger partial charge in [0.05, 0.1) is 19.8 Å². The highest BCUT2D eigenvalue weighted by Gasteiger charge is 2.12. The van der Waals surface area contributed by atoms with Gasteiger partial charge in [0.25, 0.3) is 0 Å². The number of ether oxygens (including phenoxy) is 1. The van der Waals surface area contributed by atoms with Crippen LogP contribution in [0.3, 0.4) is 0 Å². The van der Waals surface area contributed by atoms with Crippen molar-refractivity contribution in [2.45, 2.75) is 25.8 Å². The summed E-state index contributed by atoms with van der Waals surface area (Å²) in [5.41, 5.74) is 1.55. The molecule has 0 aliphatic carbocycles. The van der Waals surface area contributed by atoms with Crippen molar-refractivity contribution >= 4 is 16.9 Å². The number of benzene rings is 1. The van der Waals surface area contributed by atoms with Crippen LogP contribution in [-0.4, -0.2) is 30.8 Å². The third-order valence-electron chi connectivity index (χ3n) is 3.18. The van der Waals surface area contributed by atoms with Crippen molar-refractivity contribution in [3.05, 3.63) is 30.0 Å². The molecule has 0 aliphatic heterocycles. The van der Waals surface area contributed by atoms with Crippen molar-refractivity contribution in [1.82, 2.24) is 5.32 Å². The van der Waals surface area contributed by atoms with E-state index in [0.29, 0.717) is 12.0 Å². The monoisotopic (exact) mass is 277 g/mol. The average molecular weight is 277 g/mol. The van der Waals surface area contributed by atoms with Crippen LogP contribution in [-0.2, 0) is 11.2 Å². The van der Waals surface area contributed by atoms with E-state index in [1.54, 1.807) is 19.4 Å². The maximum atomic E-state index is 11.9. The lowest BCUT2D eigenvalue weighted by atomic mass is 10.1. The zero-order valence-corrected chi connectivity index (χ0v) is 11.7. The first-order chi connectivity index (χ1) is 9.63. The van der Waals surface area contributed by atoms with E-state index in [1.807, 2.05) is 19.1 Å². The maximum absolute atomic E-state index is 11.9. The Morgan fingerprint density at radius 1 is 1.50 bits per heavy atom. The van der Waals surface area contributed by atoms with Crippen molar-refractivity contribution < 1.29 is 19.1 Å². The van der Waals surface area contributed by atoms with Gasteiger partial charge in [-0.2, -0.15) is 0 Å². The molecule has 2 aromatic rings. The van der Waals surface area contributed by atoms with Crippen molar-refractivity contribution in [3.8, 4) is 5.75 Å². The Balaban J connectivity index is 2.08. The van der Waals surface area contributed by atoms with Gasteiger partial charge in [0, 0.05) is 29.7 Å². The van der Waals surface area contributed by atoms with Crippen molar-refractivity contribution in [3.63, 3.8) is 0 Å². The molecule has 5 heteroatoms. The number of fused-ring (bicyclic) bond motifs is 1. The summed E-state index contributed by atoms with van der Waals surface area (Å²) in [7, 11) is 1.60. The number of hydrogen-bond acceptors (Lipinski definition) is 4. The largest absolute Gasteiger partial charge is 0.497 e. The smallest absolute Gasteiger partial charge is 0.224 e. The van der Waals surface area contributed by atoms with E-state index in [9.17, 15) is 4.79 Å². The van der Waals surface area contributed by atoms with Gasteiger partial charge < -0.3 is 19.6 Å². The third-order valence-corrected chi connectivity index (χ3v) is 3.18. The molecular weight excluding hydrogens is 258 g/mol. The molecule has 1 unspecified atom stereocenters. The van der Waals surface area contributed by atoms with Gasteiger partial charge in [-0.05, 0) is 25.5 Å². The van der Waals surface area contributed by atoms with Crippen LogP contribution in [0.1, 0.15) is 18.9 Å². The quantitative estimate of drug-likeness (QED) is 0.845. The topological polar surface area (TPSA) is 71.7 Å². The lowest BCUT2D eigenvalue weighted by Crippen LogP contribution is -2.34. The maximum Gasteiger partial charge on any atom is 0.224 e. The van der Waals surface area contributed by atoms with Crippen LogP contribution in [0.4, 0.5) is 0 Å². The summed E-state index contributed by atoms with van der Waals surface area (Å²) >= 11 is 0. The Hall–Kier alpha value is -2.01. The third kappa shape index (κ3) is 3.30. The molecule has 0 saturated heterocycles.